The molecule has 2 unspecified atom stereocenters. The van der Waals surface area contributed by atoms with Crippen LogP contribution < -0.4 is 0 Å². The van der Waals surface area contributed by atoms with Crippen molar-refractivity contribution >= 4 is 0 Å². The van der Waals surface area contributed by atoms with Gasteiger partial charge in [0.25, 0.3) is 0 Å². The highest BCUT2D eigenvalue weighted by Gasteiger charge is 2.22. The average Bonchev–Trinajstić information content (AvgIpc) is 1.85. The molecule has 0 aromatic carbocycles. The van der Waals surface area contributed by atoms with E-state index in [-0.39, 0.29) is 0 Å². The fourth-order valence-corrected chi connectivity index (χ4v) is 2.54. The number of hydrogen-bond donors (Lipinski definition) is 0. The van der Waals surface area contributed by atoms with Gasteiger partial charge in [0.15, 0.2) is 0 Å². The highest BCUT2D eigenvalue weighted by molar-refractivity contribution is 5.11. The lowest BCUT2D eigenvalue weighted by molar-refractivity contribution is 0.335. The highest BCUT2D eigenvalue weighted by Crippen LogP contribution is 2.37. The average molecular weight is 136 g/mol. The van der Waals surface area contributed by atoms with Gasteiger partial charge in [0, 0.05) is 0 Å². The molecule has 0 radical (unpaired) electrons. The molecule has 0 saturated heterocycles. The van der Waals surface area contributed by atoms with Crippen LogP contribution in [-0.2, 0) is 0 Å². The molecule has 2 aliphatic rings. The second-order valence-electron chi connectivity index (χ2n) is 4.00. The summed E-state index contributed by atoms with van der Waals surface area (Å²) in [6, 6.07) is 0. The molecular formula is C10H16. The molecule has 0 nitrogen and oxygen atoms in total. The maximum Gasteiger partial charge on any atom is -0.0257 e. The van der Waals surface area contributed by atoms with Crippen molar-refractivity contribution in [2.24, 2.45) is 11.8 Å². The van der Waals surface area contributed by atoms with Crippen molar-refractivity contribution in [2.75, 3.05) is 0 Å². The van der Waals surface area contributed by atoms with Crippen LogP contribution in [0.3, 0.4) is 0 Å². The van der Waals surface area contributed by atoms with Gasteiger partial charge < -0.3 is 0 Å². The van der Waals surface area contributed by atoms with E-state index in [2.05, 4.69) is 13.0 Å². The maximum atomic E-state index is 2.51. The molecule has 56 valence electrons. The van der Waals surface area contributed by atoms with Crippen molar-refractivity contribution < 1.29 is 0 Å². The van der Waals surface area contributed by atoms with Gasteiger partial charge in [0.05, 0.1) is 0 Å². The van der Waals surface area contributed by atoms with Crippen LogP contribution in [0.15, 0.2) is 11.6 Å². The molecule has 0 spiro atoms. The fraction of sp³-hybridized carbons (Fsp3) is 0.800. The molecule has 2 atom stereocenters. The van der Waals surface area contributed by atoms with E-state index in [0.29, 0.717) is 0 Å². The van der Waals surface area contributed by atoms with Gasteiger partial charge in [-0.05, 0) is 43.9 Å². The van der Waals surface area contributed by atoms with E-state index in [1.807, 2.05) is 0 Å². The van der Waals surface area contributed by atoms with Gasteiger partial charge in [-0.1, -0.05) is 18.6 Å². The van der Waals surface area contributed by atoms with Crippen LogP contribution in [0, 0.1) is 11.8 Å². The van der Waals surface area contributed by atoms with Crippen molar-refractivity contribution in [3.63, 3.8) is 0 Å². The second kappa shape index (κ2) is 2.41. The Morgan fingerprint density at radius 1 is 1.50 bits per heavy atom. The Morgan fingerprint density at radius 2 is 2.40 bits per heavy atom. The van der Waals surface area contributed by atoms with Gasteiger partial charge in [-0.2, -0.15) is 0 Å². The minimum atomic E-state index is 0.883. The fourth-order valence-electron chi connectivity index (χ4n) is 2.54. The topological polar surface area (TPSA) is 0 Å². The molecule has 0 aromatic rings. The summed E-state index contributed by atoms with van der Waals surface area (Å²) in [6.45, 7) is 2.36. The van der Waals surface area contributed by atoms with Crippen molar-refractivity contribution in [3.8, 4) is 0 Å². The molecule has 10 heavy (non-hydrogen) atoms. The van der Waals surface area contributed by atoms with Gasteiger partial charge in [0.1, 0.15) is 0 Å². The van der Waals surface area contributed by atoms with E-state index >= 15 is 0 Å². The minimum absolute atomic E-state index is 0.883. The normalized spacial score (nSPS) is 39.1. The predicted octanol–water partition coefficient (Wildman–Crippen LogP) is 3.14. The minimum Gasteiger partial charge on any atom is -0.0825 e. The SMILES string of the molecule is CC1C=C2CCCC(C2)C1. The third-order valence-corrected chi connectivity index (χ3v) is 2.89. The van der Waals surface area contributed by atoms with Crippen LogP contribution in [-0.4, -0.2) is 0 Å². The summed E-state index contributed by atoms with van der Waals surface area (Å²) in [4.78, 5) is 0. The summed E-state index contributed by atoms with van der Waals surface area (Å²) < 4.78 is 0. The Hall–Kier alpha value is -0.260. The molecule has 0 aliphatic heterocycles. The molecule has 1 saturated carbocycles. The summed E-state index contributed by atoms with van der Waals surface area (Å²) >= 11 is 0. The van der Waals surface area contributed by atoms with E-state index in [4.69, 9.17) is 0 Å². The first kappa shape index (κ1) is 6.45. The van der Waals surface area contributed by atoms with E-state index in [1.165, 1.54) is 32.1 Å². The molecule has 0 N–H and O–H groups in total. The van der Waals surface area contributed by atoms with Crippen LogP contribution in [0.4, 0.5) is 0 Å². The Bertz CT molecular complexity index is 155. The summed E-state index contributed by atoms with van der Waals surface area (Å²) in [7, 11) is 0. The number of rotatable bonds is 0. The smallest absolute Gasteiger partial charge is 0.0257 e. The first-order chi connectivity index (χ1) is 4.84. The van der Waals surface area contributed by atoms with Gasteiger partial charge >= 0.3 is 0 Å². The standard InChI is InChI=1S/C10H16/c1-8-5-9-3-2-4-10(6-8)7-9/h5,8,10H,2-4,6-7H2,1H3. The Balaban J connectivity index is 2.15. The van der Waals surface area contributed by atoms with E-state index in [1.54, 1.807) is 5.57 Å². The Kier molecular flexibility index (Phi) is 1.55. The molecule has 0 aromatic heterocycles. The first-order valence-corrected chi connectivity index (χ1v) is 4.54. The Morgan fingerprint density at radius 3 is 3.20 bits per heavy atom. The van der Waals surface area contributed by atoms with Crippen LogP contribution in [0.5, 0.6) is 0 Å². The third kappa shape index (κ3) is 1.12. The summed E-state index contributed by atoms with van der Waals surface area (Å²) in [5.41, 5.74) is 1.76. The quantitative estimate of drug-likeness (QED) is 0.449. The monoisotopic (exact) mass is 136 g/mol. The van der Waals surface area contributed by atoms with Crippen molar-refractivity contribution in [3.05, 3.63) is 11.6 Å². The van der Waals surface area contributed by atoms with Crippen LogP contribution >= 0.6 is 0 Å². The number of fused-ring (bicyclic) bond motifs is 2. The second-order valence-corrected chi connectivity index (χ2v) is 4.00. The predicted molar refractivity (Wildman–Crippen MR) is 43.8 cm³/mol. The lowest BCUT2D eigenvalue weighted by atomic mass is 9.75. The van der Waals surface area contributed by atoms with Crippen molar-refractivity contribution in [1.82, 2.24) is 0 Å². The van der Waals surface area contributed by atoms with Gasteiger partial charge in [-0.15, -0.1) is 0 Å². The molecular weight excluding hydrogens is 120 g/mol. The molecule has 2 rings (SSSR count). The molecule has 2 aliphatic carbocycles. The summed E-state index contributed by atoms with van der Waals surface area (Å²) in [5, 5.41) is 0. The summed E-state index contributed by atoms with van der Waals surface area (Å²) in [5.74, 6) is 1.94. The first-order valence-electron chi connectivity index (χ1n) is 4.54. The maximum absolute atomic E-state index is 2.51. The molecule has 0 heterocycles. The zero-order chi connectivity index (χ0) is 6.97. The third-order valence-electron chi connectivity index (χ3n) is 2.89. The Labute approximate surface area is 63.3 Å². The lowest BCUT2D eigenvalue weighted by Gasteiger charge is -2.31. The van der Waals surface area contributed by atoms with Gasteiger partial charge in [-0.3, -0.25) is 0 Å². The molecule has 0 heteroatoms. The van der Waals surface area contributed by atoms with Crippen LogP contribution in [0.1, 0.15) is 39.0 Å². The molecule has 2 bridgehead atoms. The largest absolute Gasteiger partial charge is 0.0825 e. The number of hydrogen-bond acceptors (Lipinski definition) is 0. The lowest BCUT2D eigenvalue weighted by Crippen LogP contribution is -2.16. The zero-order valence-electron chi connectivity index (χ0n) is 6.77. The molecule has 0 amide bonds. The van der Waals surface area contributed by atoms with E-state index in [0.717, 1.165) is 11.8 Å². The van der Waals surface area contributed by atoms with E-state index < -0.39 is 0 Å². The van der Waals surface area contributed by atoms with Crippen molar-refractivity contribution in [2.45, 2.75) is 39.0 Å². The highest BCUT2D eigenvalue weighted by atomic mass is 14.3. The van der Waals surface area contributed by atoms with Gasteiger partial charge in [0.2, 0.25) is 0 Å². The summed E-state index contributed by atoms with van der Waals surface area (Å²) in [6.07, 6.45) is 9.77. The van der Waals surface area contributed by atoms with Crippen LogP contribution in [0.25, 0.3) is 0 Å². The molecule has 1 fully saturated rings. The van der Waals surface area contributed by atoms with Crippen molar-refractivity contribution in [1.29, 1.82) is 0 Å². The number of allylic oxidation sites excluding steroid dienone is 2. The van der Waals surface area contributed by atoms with E-state index in [9.17, 15) is 0 Å². The zero-order valence-corrected chi connectivity index (χ0v) is 6.77. The van der Waals surface area contributed by atoms with Gasteiger partial charge in [-0.25, -0.2) is 0 Å². The van der Waals surface area contributed by atoms with Crippen LogP contribution in [0.2, 0.25) is 0 Å².